The van der Waals surface area contributed by atoms with Crippen molar-refractivity contribution in [1.29, 1.82) is 0 Å². The lowest BCUT2D eigenvalue weighted by atomic mass is 9.51. The topological polar surface area (TPSA) is 183 Å². The number of hydrogen-bond acceptors (Lipinski definition) is 13. The molecular weight excluding hydrogens is 688 g/mol. The maximum Gasteiger partial charge on any atom is 0.306 e. The predicted octanol–water partition coefficient (Wildman–Crippen LogP) is 3.22. The van der Waals surface area contributed by atoms with E-state index in [2.05, 4.69) is 6.92 Å². The lowest BCUT2D eigenvalue weighted by Gasteiger charge is -2.61. The zero-order valence-corrected chi connectivity index (χ0v) is 31.9. The fourth-order valence-corrected chi connectivity index (χ4v) is 10.1. The largest absolute Gasteiger partial charge is 0.465 e. The van der Waals surface area contributed by atoms with Crippen molar-refractivity contribution >= 4 is 17.7 Å². The van der Waals surface area contributed by atoms with Crippen molar-refractivity contribution in [3.05, 3.63) is 36.0 Å². The van der Waals surface area contributed by atoms with Gasteiger partial charge in [0.1, 0.15) is 47.8 Å². The number of hydrogen-bond donors (Lipinski definition) is 3. The summed E-state index contributed by atoms with van der Waals surface area (Å²) in [6.45, 7) is 12.2. The number of ketones is 1. The molecule has 3 bridgehead atoms. The number of epoxide rings is 2. The summed E-state index contributed by atoms with van der Waals surface area (Å²) in [5.74, 6) is -7.23. The number of ether oxygens (including phenoxy) is 7. The average molecular weight is 745 g/mol. The fourth-order valence-electron chi connectivity index (χ4n) is 10.1. The smallest absolute Gasteiger partial charge is 0.306 e. The summed E-state index contributed by atoms with van der Waals surface area (Å²) in [6.07, 6.45) is 7.86. The highest BCUT2D eigenvalue weighted by atomic mass is 16.9. The zero-order valence-electron chi connectivity index (χ0n) is 31.9. The zero-order chi connectivity index (χ0) is 38.4. The van der Waals surface area contributed by atoms with Crippen LogP contribution in [0.25, 0.3) is 0 Å². The quantitative estimate of drug-likeness (QED) is 0.0963. The summed E-state index contributed by atoms with van der Waals surface area (Å²) in [5.41, 5.74) is -8.66. The molecule has 13 unspecified atom stereocenters. The monoisotopic (exact) mass is 744 g/mol. The van der Waals surface area contributed by atoms with Gasteiger partial charge in [0.25, 0.3) is 0 Å². The Kier molecular flexibility index (Phi) is 9.75. The molecule has 3 aliphatic carbocycles. The maximum absolute atomic E-state index is 14.1. The normalized spacial score (nSPS) is 46.1. The number of unbranched alkanes of at least 4 members (excludes halogenated alkanes) is 3. The lowest BCUT2D eigenvalue weighted by molar-refractivity contribution is -0.409. The van der Waals surface area contributed by atoms with Gasteiger partial charge in [0.15, 0.2) is 17.0 Å². The molecule has 6 fully saturated rings. The van der Waals surface area contributed by atoms with Crippen LogP contribution in [0.15, 0.2) is 36.0 Å². The van der Waals surface area contributed by atoms with E-state index in [1.807, 2.05) is 46.8 Å². The van der Waals surface area contributed by atoms with E-state index in [1.165, 1.54) is 6.92 Å². The van der Waals surface area contributed by atoms with Gasteiger partial charge in [0, 0.05) is 30.8 Å². The molecule has 294 valence electrons. The fraction of sp³-hybridized carbons (Fsp3) is 0.775. The molecule has 0 spiro atoms. The van der Waals surface area contributed by atoms with E-state index in [-0.39, 0.29) is 43.5 Å². The van der Waals surface area contributed by atoms with Crippen LogP contribution < -0.4 is 0 Å². The van der Waals surface area contributed by atoms with Gasteiger partial charge in [-0.3, -0.25) is 14.4 Å². The van der Waals surface area contributed by atoms with E-state index in [1.54, 1.807) is 18.2 Å². The third-order valence-corrected chi connectivity index (χ3v) is 12.6. The van der Waals surface area contributed by atoms with E-state index >= 15 is 0 Å². The summed E-state index contributed by atoms with van der Waals surface area (Å²) in [7, 11) is 0. The van der Waals surface area contributed by atoms with E-state index in [0.717, 1.165) is 25.7 Å². The maximum atomic E-state index is 14.1. The molecule has 13 nitrogen and oxygen atoms in total. The number of fused-ring (bicyclic) bond motifs is 3. The number of aliphatic hydroxyl groups is 3. The molecule has 13 atom stereocenters. The molecule has 7 rings (SSSR count). The number of Topliss-reactive ketones (excluding diaryl/α,β-unsaturated/α-hetero) is 1. The second kappa shape index (κ2) is 13.3. The van der Waals surface area contributed by atoms with Crippen LogP contribution in [0.5, 0.6) is 0 Å². The SMILES string of the molecule is CCCCC/C=C/C=C/C12OC3C4C5OC5(CO)C(O)C5(O)C(=O)C(C)=CC5C4(O1)C(COC(=O)CC(C)C)C(OC(=O)CC(C)C)C3(C1(C)CO1)O2. The number of esters is 2. The van der Waals surface area contributed by atoms with Gasteiger partial charge in [-0.25, -0.2) is 0 Å². The van der Waals surface area contributed by atoms with Crippen molar-refractivity contribution in [2.24, 2.45) is 29.6 Å². The van der Waals surface area contributed by atoms with Crippen LogP contribution in [0, 0.1) is 29.6 Å². The van der Waals surface area contributed by atoms with Crippen LogP contribution in [-0.4, -0.2) is 111 Å². The molecule has 0 aromatic heterocycles. The van der Waals surface area contributed by atoms with Crippen molar-refractivity contribution in [2.75, 3.05) is 19.8 Å². The Morgan fingerprint density at radius 2 is 1.74 bits per heavy atom. The minimum atomic E-state index is -2.55. The number of aliphatic hydroxyl groups excluding tert-OH is 2. The van der Waals surface area contributed by atoms with Gasteiger partial charge in [-0.05, 0) is 44.1 Å². The van der Waals surface area contributed by atoms with Gasteiger partial charge < -0.3 is 48.5 Å². The highest BCUT2D eigenvalue weighted by molar-refractivity contribution is 6.05. The summed E-state index contributed by atoms with van der Waals surface area (Å²) >= 11 is 0. The Morgan fingerprint density at radius 3 is 2.38 bits per heavy atom. The van der Waals surface area contributed by atoms with E-state index in [9.17, 15) is 29.7 Å². The molecule has 13 heteroatoms. The first-order chi connectivity index (χ1) is 25.0. The van der Waals surface area contributed by atoms with Crippen molar-refractivity contribution < 1.29 is 62.9 Å². The van der Waals surface area contributed by atoms with Crippen molar-refractivity contribution in [3.8, 4) is 0 Å². The molecule has 0 aromatic rings. The van der Waals surface area contributed by atoms with Crippen LogP contribution in [0.3, 0.4) is 0 Å². The molecular formula is C40H56O13. The number of carbonyl (C=O) groups is 3. The molecule has 0 amide bonds. The van der Waals surface area contributed by atoms with Gasteiger partial charge in [0.2, 0.25) is 0 Å². The second-order valence-corrected chi connectivity index (χ2v) is 17.3. The number of allylic oxidation sites excluding steroid dienone is 3. The number of rotatable bonds is 15. The van der Waals surface area contributed by atoms with Gasteiger partial charge in [-0.1, -0.05) is 71.8 Å². The third kappa shape index (κ3) is 5.58. The minimum absolute atomic E-state index is 0.0194. The highest BCUT2D eigenvalue weighted by Crippen LogP contribution is 2.74. The third-order valence-electron chi connectivity index (χ3n) is 12.6. The molecule has 4 heterocycles. The molecule has 4 saturated heterocycles. The molecule has 0 aromatic carbocycles. The lowest BCUT2D eigenvalue weighted by Crippen LogP contribution is -2.79. The van der Waals surface area contributed by atoms with Gasteiger partial charge in [-0.15, -0.1) is 0 Å². The summed E-state index contributed by atoms with van der Waals surface area (Å²) in [6, 6.07) is 0. The molecule has 4 aliphatic heterocycles. The molecule has 3 N–H and O–H groups in total. The van der Waals surface area contributed by atoms with Gasteiger partial charge >= 0.3 is 17.9 Å². The Hall–Kier alpha value is -2.49. The first kappa shape index (κ1) is 38.8. The molecule has 7 aliphatic rings. The molecule has 2 saturated carbocycles. The predicted molar refractivity (Wildman–Crippen MR) is 187 cm³/mol. The second-order valence-electron chi connectivity index (χ2n) is 17.3. The van der Waals surface area contributed by atoms with Gasteiger partial charge in [-0.2, -0.15) is 0 Å². The molecule has 53 heavy (non-hydrogen) atoms. The number of carbonyl (C=O) groups excluding carboxylic acids is 3. The van der Waals surface area contributed by atoms with Crippen LogP contribution >= 0.6 is 0 Å². The van der Waals surface area contributed by atoms with Crippen LogP contribution in [0.4, 0.5) is 0 Å². The van der Waals surface area contributed by atoms with E-state index in [0.29, 0.717) is 0 Å². The van der Waals surface area contributed by atoms with Gasteiger partial charge in [0.05, 0.1) is 19.1 Å². The standard InChI is InChI=1S/C40H56O13/c1-8-9-10-11-12-13-14-15-37-51-33-29-32-36(20-41,50-32)34(45)38(46)26(18-24(6)30(38)44)39(29,52-37)25(19-47-27(42)16-22(2)3)31(49-28(43)17-23(4)5)40(33,53-37)35(7)21-48-35/h12-15,18,22-23,25-26,29,31-34,41,45-46H,8-11,16-17,19-21H2,1-7H3/b13-12+,15-14+. The Balaban J connectivity index is 1.46. The first-order valence-corrected chi connectivity index (χ1v) is 19.4. The summed E-state index contributed by atoms with van der Waals surface area (Å²) in [4.78, 5) is 41.3. The Morgan fingerprint density at radius 1 is 1.04 bits per heavy atom. The minimum Gasteiger partial charge on any atom is -0.465 e. The van der Waals surface area contributed by atoms with E-state index < -0.39 is 100 Å². The molecule has 0 radical (unpaired) electrons. The Bertz CT molecular complexity index is 1580. The van der Waals surface area contributed by atoms with Crippen LogP contribution in [-0.2, 0) is 47.5 Å². The van der Waals surface area contributed by atoms with E-state index in [4.69, 9.17) is 33.2 Å². The first-order valence-electron chi connectivity index (χ1n) is 19.4. The Labute approximate surface area is 311 Å². The van der Waals surface area contributed by atoms with Crippen LogP contribution in [0.1, 0.15) is 87.0 Å². The average Bonchev–Trinajstić information content (AvgIpc) is 3.99. The highest BCUT2D eigenvalue weighted by Gasteiger charge is 2.93. The van der Waals surface area contributed by atoms with Crippen molar-refractivity contribution in [1.82, 2.24) is 0 Å². The van der Waals surface area contributed by atoms with Crippen molar-refractivity contribution in [3.63, 3.8) is 0 Å². The van der Waals surface area contributed by atoms with Crippen molar-refractivity contribution in [2.45, 2.75) is 145 Å². The van der Waals surface area contributed by atoms with Crippen LogP contribution in [0.2, 0.25) is 0 Å². The summed E-state index contributed by atoms with van der Waals surface area (Å²) < 4.78 is 46.1. The summed E-state index contributed by atoms with van der Waals surface area (Å²) in [5, 5.41) is 35.6.